The highest BCUT2D eigenvalue weighted by Crippen LogP contribution is 2.38. The first-order valence-corrected chi connectivity index (χ1v) is 8.40. The van der Waals surface area contributed by atoms with Crippen LogP contribution in [0.3, 0.4) is 0 Å². The first-order chi connectivity index (χ1) is 11.4. The number of carbonyl (C=O) groups excluding carboxylic acids is 1. The van der Waals surface area contributed by atoms with Crippen molar-refractivity contribution in [1.29, 1.82) is 0 Å². The molecule has 1 heterocycles. The molecular formula is C18H24N4O2. The molecule has 0 bridgehead atoms. The van der Waals surface area contributed by atoms with Gasteiger partial charge < -0.3 is 10.4 Å². The SMILES string of the molecule is CC(C)C(C)(O)CNC(=O)c1ccc(-c2n[nH]c(C3CC3)n2)cc1. The van der Waals surface area contributed by atoms with Crippen molar-refractivity contribution < 1.29 is 9.90 Å². The van der Waals surface area contributed by atoms with Crippen LogP contribution in [-0.2, 0) is 0 Å². The van der Waals surface area contributed by atoms with E-state index in [4.69, 9.17) is 0 Å². The minimum Gasteiger partial charge on any atom is -0.388 e. The fourth-order valence-electron chi connectivity index (χ4n) is 2.28. The third-order valence-corrected chi connectivity index (χ3v) is 4.72. The van der Waals surface area contributed by atoms with Crippen LogP contribution >= 0.6 is 0 Å². The van der Waals surface area contributed by atoms with Gasteiger partial charge in [-0.05, 0) is 37.8 Å². The highest BCUT2D eigenvalue weighted by Gasteiger charge is 2.27. The van der Waals surface area contributed by atoms with E-state index < -0.39 is 5.60 Å². The molecule has 1 atom stereocenters. The van der Waals surface area contributed by atoms with Gasteiger partial charge in [-0.1, -0.05) is 26.0 Å². The summed E-state index contributed by atoms with van der Waals surface area (Å²) in [5.74, 6) is 2.00. The van der Waals surface area contributed by atoms with Gasteiger partial charge in [0.2, 0.25) is 0 Å². The first-order valence-electron chi connectivity index (χ1n) is 8.40. The molecule has 0 saturated heterocycles. The average molecular weight is 328 g/mol. The van der Waals surface area contributed by atoms with Crippen LogP contribution in [0.4, 0.5) is 0 Å². The van der Waals surface area contributed by atoms with E-state index in [1.807, 2.05) is 26.0 Å². The Labute approximate surface area is 141 Å². The number of rotatable bonds is 6. The van der Waals surface area contributed by atoms with Crippen LogP contribution in [0.25, 0.3) is 11.4 Å². The molecule has 0 radical (unpaired) electrons. The third kappa shape index (κ3) is 3.64. The monoisotopic (exact) mass is 328 g/mol. The maximum atomic E-state index is 12.2. The Hall–Kier alpha value is -2.21. The molecule has 1 aliphatic carbocycles. The second-order valence-electron chi connectivity index (χ2n) is 7.09. The van der Waals surface area contributed by atoms with Crippen molar-refractivity contribution in [2.45, 2.75) is 45.1 Å². The van der Waals surface area contributed by atoms with Gasteiger partial charge in [-0.15, -0.1) is 0 Å². The van der Waals surface area contributed by atoms with Gasteiger partial charge in [0.1, 0.15) is 5.82 Å². The van der Waals surface area contributed by atoms with Gasteiger partial charge in [-0.3, -0.25) is 9.89 Å². The molecule has 1 saturated carbocycles. The average Bonchev–Trinajstić information content (AvgIpc) is 3.30. The fraction of sp³-hybridized carbons (Fsp3) is 0.500. The zero-order valence-electron chi connectivity index (χ0n) is 14.3. The van der Waals surface area contributed by atoms with E-state index in [-0.39, 0.29) is 18.4 Å². The molecule has 1 aromatic carbocycles. The van der Waals surface area contributed by atoms with Crippen molar-refractivity contribution in [3.8, 4) is 11.4 Å². The van der Waals surface area contributed by atoms with Gasteiger partial charge in [-0.2, -0.15) is 5.10 Å². The maximum Gasteiger partial charge on any atom is 0.251 e. The maximum absolute atomic E-state index is 12.2. The molecule has 1 amide bonds. The van der Waals surface area contributed by atoms with E-state index in [2.05, 4.69) is 20.5 Å². The Kier molecular flexibility index (Phi) is 4.41. The molecule has 1 aromatic heterocycles. The summed E-state index contributed by atoms with van der Waals surface area (Å²) >= 11 is 0. The summed E-state index contributed by atoms with van der Waals surface area (Å²) in [5.41, 5.74) is 0.508. The Morgan fingerprint density at radius 3 is 2.62 bits per heavy atom. The number of aromatic nitrogens is 3. The van der Waals surface area contributed by atoms with Crippen LogP contribution in [0.5, 0.6) is 0 Å². The Balaban J connectivity index is 1.64. The Morgan fingerprint density at radius 2 is 2.04 bits per heavy atom. The Bertz CT molecular complexity index is 715. The lowest BCUT2D eigenvalue weighted by molar-refractivity contribution is 0.0142. The number of H-pyrrole nitrogens is 1. The molecule has 0 aliphatic heterocycles. The lowest BCUT2D eigenvalue weighted by atomic mass is 9.92. The molecule has 3 rings (SSSR count). The van der Waals surface area contributed by atoms with Gasteiger partial charge in [0, 0.05) is 23.6 Å². The number of nitrogens with one attached hydrogen (secondary N) is 2. The number of benzene rings is 1. The number of nitrogens with zero attached hydrogens (tertiary/aromatic N) is 2. The van der Waals surface area contributed by atoms with E-state index >= 15 is 0 Å². The molecule has 3 N–H and O–H groups in total. The van der Waals surface area contributed by atoms with Gasteiger partial charge >= 0.3 is 0 Å². The second kappa shape index (κ2) is 6.36. The predicted octanol–water partition coefficient (Wildman–Crippen LogP) is 2.49. The van der Waals surface area contributed by atoms with Gasteiger partial charge in [0.15, 0.2) is 5.82 Å². The summed E-state index contributed by atoms with van der Waals surface area (Å²) in [6.45, 7) is 5.79. The van der Waals surface area contributed by atoms with E-state index in [9.17, 15) is 9.90 Å². The smallest absolute Gasteiger partial charge is 0.251 e. The summed E-state index contributed by atoms with van der Waals surface area (Å²) in [4.78, 5) is 16.7. The standard InChI is InChI=1S/C18H24N4O2/c1-11(2)18(3,24)10-19-17(23)14-8-6-13(7-9-14)16-20-15(21-22-16)12-4-5-12/h6-9,11-12,24H,4-5,10H2,1-3H3,(H,19,23)(H,20,21,22). The molecule has 0 spiro atoms. The molecular weight excluding hydrogens is 304 g/mol. The van der Waals surface area contributed by atoms with Crippen LogP contribution in [0.15, 0.2) is 24.3 Å². The number of aromatic amines is 1. The summed E-state index contributed by atoms with van der Waals surface area (Å²) < 4.78 is 0. The molecule has 24 heavy (non-hydrogen) atoms. The number of amides is 1. The van der Waals surface area contributed by atoms with E-state index in [0.717, 1.165) is 11.4 Å². The molecule has 1 fully saturated rings. The van der Waals surface area contributed by atoms with Crippen LogP contribution in [0, 0.1) is 5.92 Å². The molecule has 1 unspecified atom stereocenters. The third-order valence-electron chi connectivity index (χ3n) is 4.72. The summed E-state index contributed by atoms with van der Waals surface area (Å²) in [6.07, 6.45) is 2.35. The lowest BCUT2D eigenvalue weighted by Crippen LogP contribution is -2.44. The van der Waals surface area contributed by atoms with Crippen LogP contribution in [0.1, 0.15) is 55.7 Å². The van der Waals surface area contributed by atoms with Crippen LogP contribution in [-0.4, -0.2) is 38.3 Å². The van der Waals surface area contributed by atoms with Crippen molar-refractivity contribution in [2.24, 2.45) is 5.92 Å². The van der Waals surface area contributed by atoms with Crippen LogP contribution in [0.2, 0.25) is 0 Å². The second-order valence-corrected chi connectivity index (χ2v) is 7.09. The summed E-state index contributed by atoms with van der Waals surface area (Å²) in [5, 5.41) is 20.2. The highest BCUT2D eigenvalue weighted by atomic mass is 16.3. The summed E-state index contributed by atoms with van der Waals surface area (Å²) in [7, 11) is 0. The number of hydrogen-bond donors (Lipinski definition) is 3. The van der Waals surface area contributed by atoms with Gasteiger partial charge in [0.25, 0.3) is 5.91 Å². The molecule has 6 heteroatoms. The van der Waals surface area contributed by atoms with Gasteiger partial charge in [-0.25, -0.2) is 4.98 Å². The van der Waals surface area contributed by atoms with E-state index in [0.29, 0.717) is 17.3 Å². The van der Waals surface area contributed by atoms with Crippen molar-refractivity contribution in [1.82, 2.24) is 20.5 Å². The van der Waals surface area contributed by atoms with E-state index in [1.54, 1.807) is 19.1 Å². The highest BCUT2D eigenvalue weighted by molar-refractivity contribution is 5.94. The minimum absolute atomic E-state index is 0.0616. The molecule has 1 aliphatic rings. The first kappa shape index (κ1) is 16.6. The molecule has 6 nitrogen and oxygen atoms in total. The number of aliphatic hydroxyl groups is 1. The van der Waals surface area contributed by atoms with Crippen molar-refractivity contribution >= 4 is 5.91 Å². The quantitative estimate of drug-likeness (QED) is 0.760. The largest absolute Gasteiger partial charge is 0.388 e. The van der Waals surface area contributed by atoms with Crippen molar-refractivity contribution in [3.63, 3.8) is 0 Å². The number of hydrogen-bond acceptors (Lipinski definition) is 4. The molecule has 128 valence electrons. The zero-order valence-corrected chi connectivity index (χ0v) is 14.3. The minimum atomic E-state index is -0.923. The van der Waals surface area contributed by atoms with Crippen molar-refractivity contribution in [3.05, 3.63) is 35.7 Å². The predicted molar refractivity (Wildman–Crippen MR) is 91.6 cm³/mol. The van der Waals surface area contributed by atoms with Gasteiger partial charge in [0.05, 0.1) is 5.60 Å². The zero-order chi connectivity index (χ0) is 17.3. The number of carbonyl (C=O) groups is 1. The normalized spacial score (nSPS) is 16.9. The lowest BCUT2D eigenvalue weighted by Gasteiger charge is -2.27. The van der Waals surface area contributed by atoms with Crippen molar-refractivity contribution in [2.75, 3.05) is 6.54 Å². The van der Waals surface area contributed by atoms with E-state index in [1.165, 1.54) is 12.8 Å². The van der Waals surface area contributed by atoms with Crippen LogP contribution < -0.4 is 5.32 Å². The topological polar surface area (TPSA) is 90.9 Å². The fourth-order valence-corrected chi connectivity index (χ4v) is 2.28. The summed E-state index contributed by atoms with van der Waals surface area (Å²) in [6, 6.07) is 7.19. The molecule has 2 aromatic rings. The Morgan fingerprint density at radius 1 is 1.38 bits per heavy atom.